The van der Waals surface area contributed by atoms with Gasteiger partial charge in [-0.3, -0.25) is 14.4 Å². The highest BCUT2D eigenvalue weighted by atomic mass is 35.5. The Morgan fingerprint density at radius 3 is 2.41 bits per heavy atom. The molecule has 0 spiro atoms. The Balaban J connectivity index is 1.56. The van der Waals surface area contributed by atoms with Crippen LogP contribution in [0.5, 0.6) is 5.75 Å². The Hall–Kier alpha value is -2.86. The zero-order chi connectivity index (χ0) is 19.4. The maximum Gasteiger partial charge on any atom is 0.311 e. The number of anilines is 1. The molecular formula is C20H18ClNO5. The number of benzene rings is 2. The van der Waals surface area contributed by atoms with Gasteiger partial charge in [0.2, 0.25) is 5.91 Å². The normalized spacial score (nSPS) is 16.3. The Morgan fingerprint density at radius 2 is 1.78 bits per heavy atom. The van der Waals surface area contributed by atoms with Gasteiger partial charge in [0.25, 0.3) is 0 Å². The van der Waals surface area contributed by atoms with E-state index in [2.05, 4.69) is 0 Å². The van der Waals surface area contributed by atoms with Crippen LogP contribution in [0, 0.1) is 5.92 Å². The number of Topliss-reactive ketones (excluding diaryl/α,β-unsaturated/α-hetero) is 1. The highest BCUT2D eigenvalue weighted by Crippen LogP contribution is 2.27. The van der Waals surface area contributed by atoms with E-state index in [0.29, 0.717) is 22.0 Å². The number of amides is 1. The molecule has 140 valence electrons. The molecule has 1 fully saturated rings. The summed E-state index contributed by atoms with van der Waals surface area (Å²) in [5.41, 5.74) is 1.10. The maximum atomic E-state index is 12.3. The third-order valence-electron chi connectivity index (χ3n) is 4.35. The van der Waals surface area contributed by atoms with Crippen molar-refractivity contribution in [2.24, 2.45) is 5.92 Å². The SMILES string of the molecule is COc1ccc(N2C[C@@H](C(=O)OCC(=O)c3ccc(Cl)cc3)CC2=O)cc1. The van der Waals surface area contributed by atoms with Gasteiger partial charge in [0.05, 0.1) is 13.0 Å². The predicted molar refractivity (Wildman–Crippen MR) is 100 cm³/mol. The van der Waals surface area contributed by atoms with Crippen LogP contribution in [0.2, 0.25) is 5.02 Å². The van der Waals surface area contributed by atoms with Crippen molar-refractivity contribution in [2.45, 2.75) is 6.42 Å². The van der Waals surface area contributed by atoms with Gasteiger partial charge in [-0.1, -0.05) is 11.6 Å². The van der Waals surface area contributed by atoms with E-state index in [1.165, 1.54) is 4.90 Å². The molecule has 0 aliphatic carbocycles. The molecule has 1 heterocycles. The largest absolute Gasteiger partial charge is 0.497 e. The quantitative estimate of drug-likeness (QED) is 0.562. The molecule has 0 radical (unpaired) electrons. The molecule has 1 saturated heterocycles. The minimum atomic E-state index is -0.599. The molecular weight excluding hydrogens is 370 g/mol. The topological polar surface area (TPSA) is 72.9 Å². The summed E-state index contributed by atoms with van der Waals surface area (Å²) in [7, 11) is 1.56. The number of halogens is 1. The maximum absolute atomic E-state index is 12.3. The van der Waals surface area contributed by atoms with Crippen LogP contribution < -0.4 is 9.64 Å². The predicted octanol–water partition coefficient (Wildman–Crippen LogP) is 3.13. The van der Waals surface area contributed by atoms with Gasteiger partial charge in [0.1, 0.15) is 5.75 Å². The van der Waals surface area contributed by atoms with E-state index in [9.17, 15) is 14.4 Å². The molecule has 2 aromatic carbocycles. The van der Waals surface area contributed by atoms with E-state index < -0.39 is 11.9 Å². The third-order valence-corrected chi connectivity index (χ3v) is 4.61. The second-order valence-corrected chi connectivity index (χ2v) is 6.58. The molecule has 2 aromatic rings. The number of methoxy groups -OCH3 is 1. The number of esters is 1. The van der Waals surface area contributed by atoms with E-state index in [1.807, 2.05) is 0 Å². The van der Waals surface area contributed by atoms with E-state index in [4.69, 9.17) is 21.1 Å². The van der Waals surface area contributed by atoms with Gasteiger partial charge in [0.15, 0.2) is 12.4 Å². The third kappa shape index (κ3) is 4.46. The second kappa shape index (κ2) is 8.22. The van der Waals surface area contributed by atoms with Crippen molar-refractivity contribution in [2.75, 3.05) is 25.2 Å². The first-order chi connectivity index (χ1) is 13.0. The van der Waals surface area contributed by atoms with Crippen molar-refractivity contribution >= 4 is 34.9 Å². The molecule has 0 unspecified atom stereocenters. The van der Waals surface area contributed by atoms with Crippen LogP contribution in [0.4, 0.5) is 5.69 Å². The van der Waals surface area contributed by atoms with Crippen LogP contribution >= 0.6 is 11.6 Å². The Bertz CT molecular complexity index is 848. The lowest BCUT2D eigenvalue weighted by molar-refractivity contribution is -0.147. The van der Waals surface area contributed by atoms with E-state index >= 15 is 0 Å². The van der Waals surface area contributed by atoms with Gasteiger partial charge in [-0.15, -0.1) is 0 Å². The van der Waals surface area contributed by atoms with Gasteiger partial charge in [-0.2, -0.15) is 0 Å². The number of hydrogen-bond acceptors (Lipinski definition) is 5. The van der Waals surface area contributed by atoms with E-state index in [-0.39, 0.29) is 31.3 Å². The van der Waals surface area contributed by atoms with Crippen molar-refractivity contribution in [1.82, 2.24) is 0 Å². The average molecular weight is 388 g/mol. The van der Waals surface area contributed by atoms with E-state index in [1.54, 1.807) is 55.6 Å². The number of rotatable bonds is 6. The molecule has 1 amide bonds. The minimum absolute atomic E-state index is 0.0556. The minimum Gasteiger partial charge on any atom is -0.497 e. The molecule has 7 heteroatoms. The molecule has 1 aliphatic heterocycles. The summed E-state index contributed by atoms with van der Waals surface area (Å²) in [5.74, 6) is -0.955. The lowest BCUT2D eigenvalue weighted by atomic mass is 10.1. The lowest BCUT2D eigenvalue weighted by Crippen LogP contribution is -2.27. The summed E-state index contributed by atoms with van der Waals surface area (Å²) in [5, 5.41) is 0.520. The highest BCUT2D eigenvalue weighted by molar-refractivity contribution is 6.30. The molecule has 0 aromatic heterocycles. The zero-order valence-corrected chi connectivity index (χ0v) is 15.4. The van der Waals surface area contributed by atoms with Gasteiger partial charge >= 0.3 is 5.97 Å². The molecule has 27 heavy (non-hydrogen) atoms. The van der Waals surface area contributed by atoms with Crippen molar-refractivity contribution in [3.8, 4) is 5.75 Å². The van der Waals surface area contributed by atoms with Crippen molar-refractivity contribution in [3.05, 3.63) is 59.1 Å². The molecule has 6 nitrogen and oxygen atoms in total. The van der Waals surface area contributed by atoms with Gasteiger partial charge in [0, 0.05) is 29.2 Å². The van der Waals surface area contributed by atoms with Crippen molar-refractivity contribution < 1.29 is 23.9 Å². The molecule has 1 aliphatic rings. The first kappa shape index (κ1) is 18.9. The fourth-order valence-corrected chi connectivity index (χ4v) is 2.98. The number of carbonyl (C=O) groups excluding carboxylic acids is 3. The van der Waals surface area contributed by atoms with Crippen LogP contribution in [-0.2, 0) is 14.3 Å². The van der Waals surface area contributed by atoms with Crippen molar-refractivity contribution in [1.29, 1.82) is 0 Å². The number of hydrogen-bond donors (Lipinski definition) is 0. The van der Waals surface area contributed by atoms with Crippen molar-refractivity contribution in [3.63, 3.8) is 0 Å². The second-order valence-electron chi connectivity index (χ2n) is 6.14. The number of ether oxygens (including phenoxy) is 2. The first-order valence-corrected chi connectivity index (χ1v) is 8.75. The fourth-order valence-electron chi connectivity index (χ4n) is 2.85. The smallest absolute Gasteiger partial charge is 0.311 e. The summed E-state index contributed by atoms with van der Waals surface area (Å²) in [6, 6.07) is 13.4. The van der Waals surface area contributed by atoms with Gasteiger partial charge < -0.3 is 14.4 Å². The van der Waals surface area contributed by atoms with Crippen LogP contribution in [0.15, 0.2) is 48.5 Å². The monoisotopic (exact) mass is 387 g/mol. The van der Waals surface area contributed by atoms with Gasteiger partial charge in [-0.05, 0) is 48.5 Å². The summed E-state index contributed by atoms with van der Waals surface area (Å²) in [6.07, 6.45) is 0.0556. The zero-order valence-electron chi connectivity index (χ0n) is 14.7. The number of ketones is 1. The van der Waals surface area contributed by atoms with Crippen LogP contribution in [0.25, 0.3) is 0 Å². The highest BCUT2D eigenvalue weighted by Gasteiger charge is 2.36. The lowest BCUT2D eigenvalue weighted by Gasteiger charge is -2.16. The Labute approximate surface area is 161 Å². The number of nitrogens with zero attached hydrogens (tertiary/aromatic N) is 1. The summed E-state index contributed by atoms with van der Waals surface area (Å²) in [4.78, 5) is 38.1. The molecule has 1 atom stereocenters. The standard InChI is InChI=1S/C20H18ClNO5/c1-26-17-8-6-16(7-9-17)22-11-14(10-19(22)24)20(25)27-12-18(23)13-2-4-15(21)5-3-13/h2-9,14H,10-12H2,1H3/t14-/m0/s1. The summed E-state index contributed by atoms with van der Waals surface area (Å²) < 4.78 is 10.2. The molecule has 0 saturated carbocycles. The molecule has 0 N–H and O–H groups in total. The van der Waals surface area contributed by atoms with Crippen LogP contribution in [0.3, 0.4) is 0 Å². The van der Waals surface area contributed by atoms with Crippen LogP contribution in [0.1, 0.15) is 16.8 Å². The summed E-state index contributed by atoms with van der Waals surface area (Å²) >= 11 is 5.78. The number of carbonyl (C=O) groups is 3. The van der Waals surface area contributed by atoms with E-state index in [0.717, 1.165) is 0 Å². The summed E-state index contributed by atoms with van der Waals surface area (Å²) in [6.45, 7) is -0.146. The molecule has 3 rings (SSSR count). The fraction of sp³-hybridized carbons (Fsp3) is 0.250. The Kier molecular flexibility index (Phi) is 5.76. The first-order valence-electron chi connectivity index (χ1n) is 8.37. The Morgan fingerprint density at radius 1 is 1.11 bits per heavy atom. The van der Waals surface area contributed by atoms with Gasteiger partial charge in [-0.25, -0.2) is 0 Å². The van der Waals surface area contributed by atoms with Crippen LogP contribution in [-0.4, -0.2) is 37.9 Å². The average Bonchev–Trinajstić information content (AvgIpc) is 3.08. The molecule has 0 bridgehead atoms.